The predicted molar refractivity (Wildman–Crippen MR) is 80.3 cm³/mol. The van der Waals surface area contributed by atoms with Crippen LogP contribution in [-0.4, -0.2) is 26.6 Å². The average Bonchev–Trinajstić information content (AvgIpc) is 2.30. The van der Waals surface area contributed by atoms with Gasteiger partial charge >= 0.3 is 0 Å². The third-order valence-electron chi connectivity index (χ3n) is 2.67. The maximum atomic E-state index is 11.8. The first-order valence-electron chi connectivity index (χ1n) is 5.91. The molecule has 0 saturated heterocycles. The van der Waals surface area contributed by atoms with E-state index in [9.17, 15) is 13.2 Å². The lowest BCUT2D eigenvalue weighted by Crippen LogP contribution is -2.35. The Morgan fingerprint density at radius 3 is 2.60 bits per heavy atom. The standard InChI is InChI=1S/C12H16Cl2N2O3S/c1-8(12(17)16-4-5-20(15,18)19)6-9-2-3-10(13)7-11(9)14/h2-3,7-8H,4-6H2,1H3,(H,16,17)(H2,15,18,19). The normalized spacial score (nSPS) is 13.0. The largest absolute Gasteiger partial charge is 0.355 e. The minimum Gasteiger partial charge on any atom is -0.355 e. The fraction of sp³-hybridized carbons (Fsp3) is 0.417. The third-order valence-corrected chi connectivity index (χ3v) is 4.03. The number of hydrogen-bond acceptors (Lipinski definition) is 3. The lowest BCUT2D eigenvalue weighted by atomic mass is 10.0. The van der Waals surface area contributed by atoms with Crippen LogP contribution in [0.2, 0.25) is 10.0 Å². The average molecular weight is 339 g/mol. The fourth-order valence-corrected chi connectivity index (χ4v) is 2.47. The van der Waals surface area contributed by atoms with Crippen molar-refractivity contribution in [3.63, 3.8) is 0 Å². The van der Waals surface area contributed by atoms with Gasteiger partial charge in [-0.15, -0.1) is 0 Å². The van der Waals surface area contributed by atoms with E-state index in [2.05, 4.69) is 5.32 Å². The van der Waals surface area contributed by atoms with Gasteiger partial charge in [-0.05, 0) is 24.1 Å². The number of hydrogen-bond donors (Lipinski definition) is 2. The highest BCUT2D eigenvalue weighted by Crippen LogP contribution is 2.23. The zero-order chi connectivity index (χ0) is 15.3. The molecule has 8 heteroatoms. The van der Waals surface area contributed by atoms with Gasteiger partial charge in [-0.1, -0.05) is 36.2 Å². The number of benzene rings is 1. The van der Waals surface area contributed by atoms with Crippen molar-refractivity contribution in [2.75, 3.05) is 12.3 Å². The summed E-state index contributed by atoms with van der Waals surface area (Å²) >= 11 is 11.8. The zero-order valence-corrected chi connectivity index (χ0v) is 13.2. The highest BCUT2D eigenvalue weighted by atomic mass is 35.5. The summed E-state index contributed by atoms with van der Waals surface area (Å²) in [5.74, 6) is -0.874. The molecule has 20 heavy (non-hydrogen) atoms. The van der Waals surface area contributed by atoms with E-state index in [4.69, 9.17) is 28.3 Å². The molecule has 1 rings (SSSR count). The number of carbonyl (C=O) groups excluding carboxylic acids is 1. The molecular weight excluding hydrogens is 323 g/mol. The fourth-order valence-electron chi connectivity index (χ4n) is 1.60. The molecule has 0 radical (unpaired) electrons. The van der Waals surface area contributed by atoms with Crippen LogP contribution in [0.4, 0.5) is 0 Å². The van der Waals surface area contributed by atoms with E-state index in [1.54, 1.807) is 25.1 Å². The summed E-state index contributed by atoms with van der Waals surface area (Å²) in [5.41, 5.74) is 0.810. The molecule has 0 aliphatic heterocycles. The van der Waals surface area contributed by atoms with Crippen LogP contribution in [0, 0.1) is 5.92 Å². The Hall–Kier alpha value is -0.820. The Kier molecular flexibility index (Phi) is 6.26. The van der Waals surface area contributed by atoms with Gasteiger partial charge in [0.15, 0.2) is 0 Å². The van der Waals surface area contributed by atoms with E-state index in [-0.39, 0.29) is 24.1 Å². The quantitative estimate of drug-likeness (QED) is 0.825. The van der Waals surface area contributed by atoms with Gasteiger partial charge in [-0.25, -0.2) is 13.6 Å². The summed E-state index contributed by atoms with van der Waals surface area (Å²) in [6.45, 7) is 1.73. The molecule has 5 nitrogen and oxygen atoms in total. The summed E-state index contributed by atoms with van der Waals surface area (Å²) in [6.07, 6.45) is 0.442. The van der Waals surface area contributed by atoms with E-state index in [0.717, 1.165) is 5.56 Å². The molecule has 0 heterocycles. The van der Waals surface area contributed by atoms with E-state index >= 15 is 0 Å². The number of nitrogens with one attached hydrogen (secondary N) is 1. The van der Waals surface area contributed by atoms with Crippen LogP contribution >= 0.6 is 23.2 Å². The summed E-state index contributed by atoms with van der Waals surface area (Å²) in [5, 5.41) is 8.40. The molecule has 1 atom stereocenters. The molecule has 0 bridgehead atoms. The van der Waals surface area contributed by atoms with Crippen LogP contribution in [0.1, 0.15) is 12.5 Å². The van der Waals surface area contributed by atoms with Gasteiger partial charge in [0.25, 0.3) is 0 Å². The minimum absolute atomic E-state index is 0.00361. The SMILES string of the molecule is CC(Cc1ccc(Cl)cc1Cl)C(=O)NCCS(N)(=O)=O. The Morgan fingerprint density at radius 1 is 1.40 bits per heavy atom. The van der Waals surface area contributed by atoms with E-state index < -0.39 is 10.0 Å². The van der Waals surface area contributed by atoms with Crippen LogP contribution in [0.5, 0.6) is 0 Å². The van der Waals surface area contributed by atoms with E-state index in [1.165, 1.54) is 0 Å². The molecule has 112 valence electrons. The molecular formula is C12H16Cl2N2O3S. The third kappa shape index (κ3) is 6.09. The first-order valence-corrected chi connectivity index (χ1v) is 8.38. The Labute approximate surface area is 128 Å². The van der Waals surface area contributed by atoms with Gasteiger partial charge in [0.1, 0.15) is 0 Å². The first kappa shape index (κ1) is 17.2. The zero-order valence-electron chi connectivity index (χ0n) is 10.9. The number of amides is 1. The number of nitrogens with two attached hydrogens (primary N) is 1. The number of carbonyl (C=O) groups is 1. The molecule has 1 aromatic rings. The monoisotopic (exact) mass is 338 g/mol. The molecule has 0 aromatic heterocycles. The number of sulfonamides is 1. The second kappa shape index (κ2) is 7.26. The van der Waals surface area contributed by atoms with Crippen LogP contribution in [0.25, 0.3) is 0 Å². The van der Waals surface area contributed by atoms with Gasteiger partial charge in [0.05, 0.1) is 5.75 Å². The number of primary sulfonamides is 1. The van der Waals surface area contributed by atoms with Crippen LogP contribution in [0.3, 0.4) is 0 Å². The predicted octanol–water partition coefficient (Wildman–Crippen LogP) is 1.58. The molecule has 0 aliphatic carbocycles. The number of rotatable bonds is 6. The van der Waals surface area contributed by atoms with Gasteiger partial charge in [-0.2, -0.15) is 0 Å². The molecule has 0 saturated carbocycles. The summed E-state index contributed by atoms with van der Waals surface area (Å²) < 4.78 is 21.5. The molecule has 1 amide bonds. The molecule has 0 fully saturated rings. The van der Waals surface area contributed by atoms with Crippen LogP contribution in [-0.2, 0) is 21.2 Å². The lowest BCUT2D eigenvalue weighted by Gasteiger charge is -2.13. The van der Waals surface area contributed by atoms with Gasteiger partial charge < -0.3 is 5.32 Å². The Morgan fingerprint density at radius 2 is 2.05 bits per heavy atom. The molecule has 3 N–H and O–H groups in total. The van der Waals surface area contributed by atoms with Gasteiger partial charge in [-0.3, -0.25) is 4.79 Å². The van der Waals surface area contributed by atoms with Crippen LogP contribution < -0.4 is 10.5 Å². The second-order valence-electron chi connectivity index (χ2n) is 4.50. The van der Waals surface area contributed by atoms with E-state index in [1.807, 2.05) is 0 Å². The lowest BCUT2D eigenvalue weighted by molar-refractivity contribution is -0.124. The van der Waals surface area contributed by atoms with Crippen molar-refractivity contribution in [1.82, 2.24) is 5.32 Å². The van der Waals surface area contributed by atoms with Gasteiger partial charge in [0, 0.05) is 22.5 Å². The highest BCUT2D eigenvalue weighted by molar-refractivity contribution is 7.89. The maximum absolute atomic E-state index is 11.8. The topological polar surface area (TPSA) is 89.3 Å². The van der Waals surface area contributed by atoms with Crippen LogP contribution in [0.15, 0.2) is 18.2 Å². The maximum Gasteiger partial charge on any atom is 0.223 e. The summed E-state index contributed by atoms with van der Waals surface area (Å²) in [7, 11) is -3.57. The van der Waals surface area contributed by atoms with Crippen molar-refractivity contribution >= 4 is 39.1 Å². The van der Waals surface area contributed by atoms with Crippen molar-refractivity contribution in [3.05, 3.63) is 33.8 Å². The Bertz CT molecular complexity index is 590. The van der Waals surface area contributed by atoms with Crippen molar-refractivity contribution < 1.29 is 13.2 Å². The first-order chi connectivity index (χ1) is 9.19. The molecule has 0 spiro atoms. The smallest absolute Gasteiger partial charge is 0.223 e. The van der Waals surface area contributed by atoms with Crippen molar-refractivity contribution in [2.24, 2.45) is 11.1 Å². The van der Waals surface area contributed by atoms with Gasteiger partial charge in [0.2, 0.25) is 15.9 Å². The van der Waals surface area contributed by atoms with Crippen molar-refractivity contribution in [1.29, 1.82) is 0 Å². The van der Waals surface area contributed by atoms with E-state index in [0.29, 0.717) is 16.5 Å². The highest BCUT2D eigenvalue weighted by Gasteiger charge is 2.15. The number of halogens is 2. The molecule has 1 aromatic carbocycles. The molecule has 1 unspecified atom stereocenters. The Balaban J connectivity index is 2.53. The second-order valence-corrected chi connectivity index (χ2v) is 7.08. The summed E-state index contributed by atoms with van der Waals surface area (Å²) in [4.78, 5) is 11.8. The summed E-state index contributed by atoms with van der Waals surface area (Å²) in [6, 6.07) is 5.08. The minimum atomic E-state index is -3.57. The van der Waals surface area contributed by atoms with Crippen molar-refractivity contribution in [3.8, 4) is 0 Å². The molecule has 0 aliphatic rings. The van der Waals surface area contributed by atoms with Crippen molar-refractivity contribution in [2.45, 2.75) is 13.3 Å².